The van der Waals surface area contributed by atoms with Gasteiger partial charge in [0.05, 0.1) is 17.7 Å². The number of nitrogens with one attached hydrogen (secondary N) is 1. The average Bonchev–Trinajstić information content (AvgIpc) is 2.67. The molecular formula is C20H16FNO6S. The maximum absolute atomic E-state index is 13.7. The second-order valence-corrected chi connectivity index (χ2v) is 7.70. The van der Waals surface area contributed by atoms with Gasteiger partial charge in [-0.1, -0.05) is 12.1 Å². The molecule has 0 radical (unpaired) electrons. The first kappa shape index (κ1) is 20.2. The van der Waals surface area contributed by atoms with Gasteiger partial charge in [-0.15, -0.1) is 0 Å². The molecule has 0 heterocycles. The molecule has 0 spiro atoms. The van der Waals surface area contributed by atoms with Gasteiger partial charge < -0.3 is 14.9 Å². The van der Waals surface area contributed by atoms with Gasteiger partial charge in [0.1, 0.15) is 22.9 Å². The summed E-state index contributed by atoms with van der Waals surface area (Å²) in [5.74, 6) is -2.03. The Kier molecular flexibility index (Phi) is 5.42. The summed E-state index contributed by atoms with van der Waals surface area (Å²) in [6.45, 7) is 0. The van der Waals surface area contributed by atoms with Crippen LogP contribution in [0.25, 0.3) is 11.1 Å². The molecule has 0 amide bonds. The van der Waals surface area contributed by atoms with Gasteiger partial charge in [0.25, 0.3) is 10.0 Å². The van der Waals surface area contributed by atoms with E-state index in [1.54, 1.807) is 6.07 Å². The molecule has 150 valence electrons. The Morgan fingerprint density at radius 3 is 2.48 bits per heavy atom. The summed E-state index contributed by atoms with van der Waals surface area (Å²) in [5, 5.41) is 18.7. The molecule has 3 rings (SSSR count). The van der Waals surface area contributed by atoms with Gasteiger partial charge >= 0.3 is 5.97 Å². The van der Waals surface area contributed by atoms with Crippen LogP contribution in [0.2, 0.25) is 0 Å². The number of anilines is 1. The smallest absolute Gasteiger partial charge is 0.339 e. The molecule has 0 fully saturated rings. The molecule has 29 heavy (non-hydrogen) atoms. The van der Waals surface area contributed by atoms with E-state index in [9.17, 15) is 22.7 Å². The van der Waals surface area contributed by atoms with Crippen LogP contribution in [0.5, 0.6) is 11.5 Å². The number of hydrogen-bond donors (Lipinski definition) is 3. The number of aromatic carboxylic acids is 1. The first-order chi connectivity index (χ1) is 13.7. The van der Waals surface area contributed by atoms with Gasteiger partial charge in [-0.3, -0.25) is 4.72 Å². The summed E-state index contributed by atoms with van der Waals surface area (Å²) >= 11 is 0. The number of ether oxygens (including phenoxy) is 1. The third-order valence-corrected chi connectivity index (χ3v) is 5.48. The van der Waals surface area contributed by atoms with Gasteiger partial charge in [-0.05, 0) is 48.0 Å². The molecule has 3 N–H and O–H groups in total. The molecule has 0 aliphatic rings. The number of methoxy groups -OCH3 is 1. The van der Waals surface area contributed by atoms with Gasteiger partial charge in [0, 0.05) is 11.6 Å². The molecule has 0 bridgehead atoms. The number of carbonyl (C=O) groups is 1. The summed E-state index contributed by atoms with van der Waals surface area (Å²) in [6, 6.07) is 13.0. The lowest BCUT2D eigenvalue weighted by atomic mass is 10.0. The fourth-order valence-corrected chi connectivity index (χ4v) is 3.82. The Hall–Kier alpha value is -3.59. The van der Waals surface area contributed by atoms with Crippen LogP contribution in [0.1, 0.15) is 10.4 Å². The summed E-state index contributed by atoms with van der Waals surface area (Å²) in [6.07, 6.45) is 0. The van der Waals surface area contributed by atoms with Gasteiger partial charge in [-0.2, -0.15) is 0 Å². The van der Waals surface area contributed by atoms with Crippen molar-refractivity contribution in [2.24, 2.45) is 0 Å². The van der Waals surface area contributed by atoms with Gasteiger partial charge in [-0.25, -0.2) is 17.6 Å². The highest BCUT2D eigenvalue weighted by Gasteiger charge is 2.18. The van der Waals surface area contributed by atoms with E-state index in [0.29, 0.717) is 16.9 Å². The highest BCUT2D eigenvalue weighted by molar-refractivity contribution is 7.92. The second-order valence-electron chi connectivity index (χ2n) is 6.02. The molecule has 0 aliphatic carbocycles. The predicted octanol–water partition coefficient (Wildman–Crippen LogP) is 3.71. The zero-order valence-electron chi connectivity index (χ0n) is 15.1. The minimum absolute atomic E-state index is 0.0127. The summed E-state index contributed by atoms with van der Waals surface area (Å²) in [5.41, 5.74) is 0.440. The van der Waals surface area contributed by atoms with Crippen molar-refractivity contribution in [3.05, 3.63) is 72.0 Å². The van der Waals surface area contributed by atoms with Crippen LogP contribution in [0.15, 0.2) is 65.6 Å². The largest absolute Gasteiger partial charge is 0.507 e. The maximum atomic E-state index is 13.7. The van der Waals surface area contributed by atoms with Crippen LogP contribution < -0.4 is 9.46 Å². The first-order valence-corrected chi connectivity index (χ1v) is 9.72. The van der Waals surface area contributed by atoms with Crippen molar-refractivity contribution >= 4 is 21.7 Å². The van der Waals surface area contributed by atoms with Gasteiger partial charge in [0.2, 0.25) is 0 Å². The van der Waals surface area contributed by atoms with E-state index in [4.69, 9.17) is 9.84 Å². The Morgan fingerprint density at radius 1 is 1.07 bits per heavy atom. The number of benzene rings is 3. The molecular weight excluding hydrogens is 401 g/mol. The van der Waals surface area contributed by atoms with Crippen LogP contribution in [-0.4, -0.2) is 31.7 Å². The zero-order valence-corrected chi connectivity index (χ0v) is 15.9. The molecule has 7 nitrogen and oxygen atoms in total. The Bertz CT molecular complexity index is 1190. The monoisotopic (exact) mass is 417 g/mol. The van der Waals surface area contributed by atoms with Gasteiger partial charge in [0.15, 0.2) is 0 Å². The second kappa shape index (κ2) is 7.80. The van der Waals surface area contributed by atoms with Crippen molar-refractivity contribution in [3.63, 3.8) is 0 Å². The Balaban J connectivity index is 1.97. The number of hydrogen-bond acceptors (Lipinski definition) is 5. The number of halogens is 1. The van der Waals surface area contributed by atoms with Crippen LogP contribution in [0.3, 0.4) is 0 Å². The van der Waals surface area contributed by atoms with E-state index in [-0.39, 0.29) is 16.1 Å². The maximum Gasteiger partial charge on any atom is 0.339 e. The Morgan fingerprint density at radius 2 is 1.83 bits per heavy atom. The lowest BCUT2D eigenvalue weighted by Gasteiger charge is -2.12. The van der Waals surface area contributed by atoms with Crippen LogP contribution in [0, 0.1) is 5.82 Å². The fraction of sp³-hybridized carbons (Fsp3) is 0.0500. The molecule has 0 saturated heterocycles. The van der Waals surface area contributed by atoms with Crippen molar-refractivity contribution in [1.29, 1.82) is 0 Å². The molecule has 0 aliphatic heterocycles. The van der Waals surface area contributed by atoms with Crippen LogP contribution in [-0.2, 0) is 10.0 Å². The highest BCUT2D eigenvalue weighted by Crippen LogP contribution is 2.32. The quantitative estimate of drug-likeness (QED) is 0.564. The third kappa shape index (κ3) is 4.30. The van der Waals surface area contributed by atoms with E-state index in [1.807, 2.05) is 0 Å². The first-order valence-electron chi connectivity index (χ1n) is 8.24. The molecule has 3 aromatic carbocycles. The standard InChI is InChI=1S/C20H16FNO6S/c1-28-19-8-5-13(21)10-17(19)12-3-2-4-15(9-12)29(26,27)22-14-6-7-16(20(24)25)18(23)11-14/h2-11,22-23H,1H3,(H,24,25). The number of phenols is 1. The normalized spacial score (nSPS) is 11.1. The van der Waals surface area contributed by atoms with Crippen LogP contribution in [0.4, 0.5) is 10.1 Å². The van der Waals surface area contributed by atoms with E-state index in [2.05, 4.69) is 4.72 Å². The number of rotatable bonds is 6. The SMILES string of the molecule is COc1ccc(F)cc1-c1cccc(S(=O)(=O)Nc2ccc(C(=O)O)c(O)c2)c1. The molecule has 9 heteroatoms. The van der Waals surface area contributed by atoms with Crippen molar-refractivity contribution in [1.82, 2.24) is 0 Å². The predicted molar refractivity (Wildman–Crippen MR) is 104 cm³/mol. The third-order valence-electron chi connectivity index (χ3n) is 4.10. The number of sulfonamides is 1. The van der Waals surface area contributed by atoms with Crippen molar-refractivity contribution in [2.75, 3.05) is 11.8 Å². The molecule has 0 aromatic heterocycles. The minimum Gasteiger partial charge on any atom is -0.507 e. The van der Waals surface area contributed by atoms with E-state index < -0.39 is 27.6 Å². The lowest BCUT2D eigenvalue weighted by molar-refractivity contribution is 0.0693. The fourth-order valence-electron chi connectivity index (χ4n) is 2.73. The topological polar surface area (TPSA) is 113 Å². The van der Waals surface area contributed by atoms with Crippen molar-refractivity contribution < 1.29 is 32.6 Å². The average molecular weight is 417 g/mol. The zero-order chi connectivity index (χ0) is 21.2. The van der Waals surface area contributed by atoms with Crippen molar-refractivity contribution in [2.45, 2.75) is 4.90 Å². The molecule has 0 atom stereocenters. The van der Waals surface area contributed by atoms with E-state index in [1.165, 1.54) is 49.6 Å². The summed E-state index contributed by atoms with van der Waals surface area (Å²) < 4.78 is 46.6. The lowest BCUT2D eigenvalue weighted by Crippen LogP contribution is -2.13. The molecule has 0 saturated carbocycles. The molecule has 0 unspecified atom stereocenters. The minimum atomic E-state index is -4.07. The number of carboxylic acid groups (broad SMARTS) is 1. The Labute approximate surface area is 166 Å². The van der Waals surface area contributed by atoms with E-state index >= 15 is 0 Å². The number of carboxylic acids is 1. The van der Waals surface area contributed by atoms with Crippen LogP contribution >= 0.6 is 0 Å². The molecule has 3 aromatic rings. The van der Waals surface area contributed by atoms with Crippen molar-refractivity contribution in [3.8, 4) is 22.6 Å². The number of aromatic hydroxyl groups is 1. The summed E-state index contributed by atoms with van der Waals surface area (Å²) in [7, 11) is -2.64. The highest BCUT2D eigenvalue weighted by atomic mass is 32.2. The van der Waals surface area contributed by atoms with E-state index in [0.717, 1.165) is 12.1 Å². The summed E-state index contributed by atoms with van der Waals surface area (Å²) in [4.78, 5) is 10.8.